The van der Waals surface area contributed by atoms with Crippen molar-refractivity contribution in [3.05, 3.63) is 23.3 Å². The van der Waals surface area contributed by atoms with Crippen LogP contribution in [0.4, 0.5) is 0 Å². The average molecular weight is 221 g/mol. The Morgan fingerprint density at radius 2 is 1.94 bits per heavy atom. The van der Waals surface area contributed by atoms with E-state index in [1.54, 1.807) is 6.20 Å². The van der Waals surface area contributed by atoms with Crippen molar-refractivity contribution in [2.45, 2.75) is 46.6 Å². The van der Waals surface area contributed by atoms with Crippen molar-refractivity contribution in [3.8, 4) is 0 Å². The second-order valence-electron chi connectivity index (χ2n) is 4.51. The van der Waals surface area contributed by atoms with Crippen LogP contribution in [0.25, 0.3) is 0 Å². The molecule has 4 heteroatoms. The topological polar surface area (TPSA) is 54.9 Å². The maximum absolute atomic E-state index is 11.8. The van der Waals surface area contributed by atoms with E-state index in [9.17, 15) is 4.79 Å². The van der Waals surface area contributed by atoms with Gasteiger partial charge in [0.2, 0.25) is 0 Å². The number of nitrogens with one attached hydrogen (secondary N) is 1. The smallest absolute Gasteiger partial charge is 0.254 e. The van der Waals surface area contributed by atoms with Gasteiger partial charge in [-0.1, -0.05) is 13.8 Å². The summed E-state index contributed by atoms with van der Waals surface area (Å²) in [5.41, 5.74) is 1.29. The average Bonchev–Trinajstić information content (AvgIpc) is 2.15. The first kappa shape index (κ1) is 12.6. The molecule has 1 heterocycles. The molecule has 0 saturated heterocycles. The summed E-state index contributed by atoms with van der Waals surface area (Å²) in [5, 5.41) is 2.83. The quantitative estimate of drug-likeness (QED) is 0.849. The van der Waals surface area contributed by atoms with Crippen LogP contribution in [0.5, 0.6) is 0 Å². The van der Waals surface area contributed by atoms with Gasteiger partial charge in [0.15, 0.2) is 0 Å². The summed E-state index contributed by atoms with van der Waals surface area (Å²) in [7, 11) is 0. The highest BCUT2D eigenvalue weighted by Crippen LogP contribution is 2.11. The molecule has 0 spiro atoms. The molecule has 1 aromatic rings. The Labute approximate surface area is 96.5 Å². The third kappa shape index (κ3) is 3.02. The number of aromatic nitrogens is 2. The summed E-state index contributed by atoms with van der Waals surface area (Å²) in [6.45, 7) is 9.75. The van der Waals surface area contributed by atoms with Gasteiger partial charge in [0.1, 0.15) is 5.82 Å². The van der Waals surface area contributed by atoms with Gasteiger partial charge in [0, 0.05) is 18.2 Å². The van der Waals surface area contributed by atoms with Crippen LogP contribution >= 0.6 is 0 Å². The Bertz CT molecular complexity index is 386. The maximum atomic E-state index is 11.8. The first-order valence-electron chi connectivity index (χ1n) is 5.56. The van der Waals surface area contributed by atoms with Crippen molar-refractivity contribution in [1.29, 1.82) is 0 Å². The fourth-order valence-corrected chi connectivity index (χ4v) is 1.33. The molecule has 1 aromatic heterocycles. The molecular formula is C12H19N3O. The summed E-state index contributed by atoms with van der Waals surface area (Å²) in [5.74, 6) is 0.947. The van der Waals surface area contributed by atoms with E-state index in [1.165, 1.54) is 0 Å². The zero-order chi connectivity index (χ0) is 12.3. The largest absolute Gasteiger partial charge is 0.350 e. The van der Waals surface area contributed by atoms with Crippen LogP contribution in [0, 0.1) is 6.92 Å². The van der Waals surface area contributed by atoms with Gasteiger partial charge in [-0.25, -0.2) is 9.97 Å². The molecule has 1 amide bonds. The Morgan fingerprint density at radius 1 is 1.31 bits per heavy atom. The van der Waals surface area contributed by atoms with E-state index in [1.807, 2.05) is 34.6 Å². The zero-order valence-corrected chi connectivity index (χ0v) is 10.5. The number of carbonyl (C=O) groups is 1. The number of hydrogen-bond donors (Lipinski definition) is 1. The summed E-state index contributed by atoms with van der Waals surface area (Å²) in [4.78, 5) is 20.3. The van der Waals surface area contributed by atoms with E-state index in [-0.39, 0.29) is 17.9 Å². The zero-order valence-electron chi connectivity index (χ0n) is 10.5. The predicted molar refractivity (Wildman–Crippen MR) is 63.5 cm³/mol. The first-order chi connectivity index (χ1) is 7.41. The van der Waals surface area contributed by atoms with E-state index in [2.05, 4.69) is 15.3 Å². The number of hydrogen-bond acceptors (Lipinski definition) is 3. The molecule has 0 unspecified atom stereocenters. The second-order valence-corrected chi connectivity index (χ2v) is 4.51. The standard InChI is InChI=1S/C12H19N3O/c1-7(2)11-13-6-10(9(5)15-11)12(16)14-8(3)4/h6-8H,1-5H3,(H,14,16). The molecule has 16 heavy (non-hydrogen) atoms. The number of carbonyl (C=O) groups excluding carboxylic acids is 1. The lowest BCUT2D eigenvalue weighted by atomic mass is 10.1. The Morgan fingerprint density at radius 3 is 2.38 bits per heavy atom. The van der Waals surface area contributed by atoms with Crippen LogP contribution in [0.1, 0.15) is 55.5 Å². The third-order valence-corrected chi connectivity index (χ3v) is 2.18. The molecule has 0 atom stereocenters. The van der Waals surface area contributed by atoms with Crippen LogP contribution < -0.4 is 5.32 Å². The SMILES string of the molecule is Cc1nc(C(C)C)ncc1C(=O)NC(C)C. The summed E-state index contributed by atoms with van der Waals surface area (Å²) in [6.07, 6.45) is 1.61. The van der Waals surface area contributed by atoms with E-state index in [4.69, 9.17) is 0 Å². The van der Waals surface area contributed by atoms with Gasteiger partial charge in [0.05, 0.1) is 11.3 Å². The van der Waals surface area contributed by atoms with Gasteiger partial charge in [-0.3, -0.25) is 4.79 Å². The number of amides is 1. The minimum Gasteiger partial charge on any atom is -0.350 e. The Hall–Kier alpha value is -1.45. The van der Waals surface area contributed by atoms with Crippen LogP contribution in [0.2, 0.25) is 0 Å². The molecule has 0 fully saturated rings. The highest BCUT2D eigenvalue weighted by molar-refractivity contribution is 5.95. The predicted octanol–water partition coefficient (Wildman–Crippen LogP) is 2.05. The van der Waals surface area contributed by atoms with Gasteiger partial charge in [-0.15, -0.1) is 0 Å². The van der Waals surface area contributed by atoms with Gasteiger partial charge >= 0.3 is 0 Å². The molecule has 0 aliphatic rings. The minimum absolute atomic E-state index is 0.109. The summed E-state index contributed by atoms with van der Waals surface area (Å²) in [6, 6.07) is 0.122. The normalized spacial score (nSPS) is 10.9. The molecule has 0 bridgehead atoms. The van der Waals surface area contributed by atoms with Crippen molar-refractivity contribution in [2.75, 3.05) is 0 Å². The van der Waals surface area contributed by atoms with Crippen molar-refractivity contribution in [3.63, 3.8) is 0 Å². The molecular weight excluding hydrogens is 202 g/mol. The van der Waals surface area contributed by atoms with Crippen molar-refractivity contribution < 1.29 is 4.79 Å². The van der Waals surface area contributed by atoms with E-state index < -0.39 is 0 Å². The molecule has 88 valence electrons. The Kier molecular flexibility index (Phi) is 3.99. The molecule has 1 N–H and O–H groups in total. The first-order valence-corrected chi connectivity index (χ1v) is 5.56. The van der Waals surface area contributed by atoms with Gasteiger partial charge in [-0.2, -0.15) is 0 Å². The lowest BCUT2D eigenvalue weighted by molar-refractivity contribution is 0.0941. The van der Waals surface area contributed by atoms with Gasteiger partial charge in [0.25, 0.3) is 5.91 Å². The number of nitrogens with zero attached hydrogens (tertiary/aromatic N) is 2. The van der Waals surface area contributed by atoms with E-state index in [0.717, 1.165) is 11.5 Å². The van der Waals surface area contributed by atoms with Crippen molar-refractivity contribution >= 4 is 5.91 Å². The Balaban J connectivity index is 2.95. The second kappa shape index (κ2) is 5.05. The fraction of sp³-hybridized carbons (Fsp3) is 0.583. The van der Waals surface area contributed by atoms with Gasteiger partial charge in [-0.05, 0) is 20.8 Å². The molecule has 0 aliphatic heterocycles. The maximum Gasteiger partial charge on any atom is 0.254 e. The minimum atomic E-state index is -0.109. The van der Waals surface area contributed by atoms with Crippen LogP contribution in [-0.4, -0.2) is 21.9 Å². The monoisotopic (exact) mass is 221 g/mol. The molecule has 0 saturated carbocycles. The molecule has 4 nitrogen and oxygen atoms in total. The molecule has 0 radical (unpaired) electrons. The molecule has 1 rings (SSSR count). The van der Waals surface area contributed by atoms with Gasteiger partial charge < -0.3 is 5.32 Å². The highest BCUT2D eigenvalue weighted by Gasteiger charge is 2.13. The van der Waals surface area contributed by atoms with E-state index in [0.29, 0.717) is 5.56 Å². The van der Waals surface area contributed by atoms with Crippen molar-refractivity contribution in [1.82, 2.24) is 15.3 Å². The van der Waals surface area contributed by atoms with Crippen LogP contribution in [-0.2, 0) is 0 Å². The van der Waals surface area contributed by atoms with Crippen LogP contribution in [0.15, 0.2) is 6.20 Å². The number of rotatable bonds is 3. The van der Waals surface area contributed by atoms with E-state index >= 15 is 0 Å². The van der Waals surface area contributed by atoms with Crippen LogP contribution in [0.3, 0.4) is 0 Å². The third-order valence-electron chi connectivity index (χ3n) is 2.18. The highest BCUT2D eigenvalue weighted by atomic mass is 16.1. The number of aryl methyl sites for hydroxylation is 1. The molecule has 0 aromatic carbocycles. The fourth-order valence-electron chi connectivity index (χ4n) is 1.33. The van der Waals surface area contributed by atoms with Crippen molar-refractivity contribution in [2.24, 2.45) is 0 Å². The lowest BCUT2D eigenvalue weighted by Gasteiger charge is -2.11. The summed E-state index contributed by atoms with van der Waals surface area (Å²) >= 11 is 0. The molecule has 0 aliphatic carbocycles. The lowest BCUT2D eigenvalue weighted by Crippen LogP contribution is -2.31. The summed E-state index contributed by atoms with van der Waals surface area (Å²) < 4.78 is 0.